The van der Waals surface area contributed by atoms with Gasteiger partial charge in [-0.05, 0) is 29.7 Å². The minimum atomic E-state index is -4.09. The molecule has 2 aromatic carbocycles. The maximum atomic E-state index is 12.9. The third-order valence-electron chi connectivity index (χ3n) is 4.50. The molecule has 0 saturated carbocycles. The van der Waals surface area contributed by atoms with E-state index in [9.17, 15) is 18.3 Å². The maximum absolute atomic E-state index is 12.9. The zero-order valence-corrected chi connectivity index (χ0v) is 16.3. The van der Waals surface area contributed by atoms with Crippen molar-refractivity contribution in [2.24, 2.45) is 0 Å². The number of nitrogens with zero attached hydrogens (tertiary/aromatic N) is 1. The van der Waals surface area contributed by atoms with Crippen molar-refractivity contribution < 1.29 is 13.5 Å². The molecule has 0 fully saturated rings. The summed E-state index contributed by atoms with van der Waals surface area (Å²) in [6.07, 6.45) is 1.71. The fraction of sp³-hybridized carbons (Fsp3) is 0.190. The van der Waals surface area contributed by atoms with Crippen LogP contribution in [0.3, 0.4) is 0 Å². The van der Waals surface area contributed by atoms with E-state index in [2.05, 4.69) is 5.32 Å². The first kappa shape index (κ1) is 19.9. The quantitative estimate of drug-likeness (QED) is 0.639. The molecule has 7 heteroatoms. The molecule has 2 N–H and O–H groups in total. The molecule has 0 amide bonds. The van der Waals surface area contributed by atoms with Crippen molar-refractivity contribution in [1.82, 2.24) is 9.29 Å². The van der Waals surface area contributed by atoms with E-state index in [1.165, 1.54) is 18.3 Å². The Kier molecular flexibility index (Phi) is 5.96. The van der Waals surface area contributed by atoms with Crippen LogP contribution in [0.1, 0.15) is 23.6 Å². The lowest BCUT2D eigenvalue weighted by Crippen LogP contribution is -2.28. The van der Waals surface area contributed by atoms with Crippen LogP contribution in [0.4, 0.5) is 0 Å². The van der Waals surface area contributed by atoms with Gasteiger partial charge in [0, 0.05) is 24.8 Å². The summed E-state index contributed by atoms with van der Waals surface area (Å²) < 4.78 is 26.5. The third-order valence-corrected chi connectivity index (χ3v) is 6.26. The molecule has 0 aliphatic rings. The van der Waals surface area contributed by atoms with Crippen molar-refractivity contribution in [1.29, 1.82) is 0 Å². The van der Waals surface area contributed by atoms with Crippen molar-refractivity contribution in [3.63, 3.8) is 0 Å². The van der Waals surface area contributed by atoms with Gasteiger partial charge >= 0.3 is 5.56 Å². The third kappa shape index (κ3) is 4.00. The lowest BCUT2D eigenvalue weighted by molar-refractivity contribution is 0.453. The molecule has 146 valence electrons. The average Bonchev–Trinajstić information content (AvgIpc) is 2.71. The van der Waals surface area contributed by atoms with E-state index >= 15 is 0 Å². The van der Waals surface area contributed by atoms with Crippen LogP contribution in [-0.2, 0) is 29.5 Å². The Labute approximate surface area is 164 Å². The summed E-state index contributed by atoms with van der Waals surface area (Å²) in [5.74, 6) is -0.569. The van der Waals surface area contributed by atoms with Crippen LogP contribution in [0.15, 0.2) is 76.6 Å². The fourth-order valence-corrected chi connectivity index (χ4v) is 4.50. The lowest BCUT2D eigenvalue weighted by atomic mass is 10.2. The molecule has 0 radical (unpaired) electrons. The molecule has 0 unspecified atom stereocenters. The summed E-state index contributed by atoms with van der Waals surface area (Å²) in [4.78, 5) is 12.6. The molecular weight excluding hydrogens is 376 g/mol. The predicted octanol–water partition coefficient (Wildman–Crippen LogP) is 2.64. The van der Waals surface area contributed by atoms with Crippen LogP contribution in [0.2, 0.25) is 0 Å². The summed E-state index contributed by atoms with van der Waals surface area (Å²) in [7, 11) is -4.09. The average molecular weight is 398 g/mol. The Morgan fingerprint density at radius 1 is 0.929 bits per heavy atom. The van der Waals surface area contributed by atoms with E-state index in [0.29, 0.717) is 28.1 Å². The highest BCUT2D eigenvalue weighted by Gasteiger charge is 2.23. The van der Waals surface area contributed by atoms with Crippen LogP contribution in [0.25, 0.3) is 0 Å². The minimum Gasteiger partial charge on any atom is -0.503 e. The van der Waals surface area contributed by atoms with Gasteiger partial charge in [-0.15, -0.1) is 0 Å². The molecule has 0 bridgehead atoms. The number of rotatable bonds is 7. The van der Waals surface area contributed by atoms with Gasteiger partial charge in [0.05, 0.1) is 4.90 Å². The molecule has 6 nitrogen and oxygen atoms in total. The minimum absolute atomic E-state index is 0.0638. The van der Waals surface area contributed by atoms with E-state index in [1.54, 1.807) is 18.2 Å². The van der Waals surface area contributed by atoms with Crippen LogP contribution in [0, 0.1) is 0 Å². The van der Waals surface area contributed by atoms with Gasteiger partial charge in [-0.1, -0.05) is 55.5 Å². The summed E-state index contributed by atoms with van der Waals surface area (Å²) in [6, 6.07) is 17.7. The molecular formula is C21H22N2O4S. The van der Waals surface area contributed by atoms with Gasteiger partial charge in [0.25, 0.3) is 10.0 Å². The molecule has 0 aliphatic heterocycles. The first-order valence-electron chi connectivity index (χ1n) is 8.96. The molecule has 1 aromatic heterocycles. The van der Waals surface area contributed by atoms with Gasteiger partial charge in [0.1, 0.15) is 0 Å². The number of pyridine rings is 1. The van der Waals surface area contributed by atoms with Crippen LogP contribution >= 0.6 is 0 Å². The van der Waals surface area contributed by atoms with E-state index in [4.69, 9.17) is 0 Å². The topological polar surface area (TPSA) is 88.4 Å². The number of hydrogen-bond acceptors (Lipinski definition) is 5. The largest absolute Gasteiger partial charge is 0.503 e. The number of benzene rings is 2. The van der Waals surface area contributed by atoms with Crippen molar-refractivity contribution in [3.05, 3.63) is 93.9 Å². The molecule has 0 spiro atoms. The first-order valence-corrected chi connectivity index (χ1v) is 10.4. The number of hydrogen-bond donors (Lipinski definition) is 2. The standard InChI is InChI=1S/C21H22N2O4S/c1-2-17-10-6-7-11-19(17)28(26,27)23-13-12-18(20(24)21(23)25)15-22-14-16-8-4-3-5-9-16/h3-13,22,24H,2,14-15H2,1H3. The van der Waals surface area contributed by atoms with E-state index in [1.807, 2.05) is 37.3 Å². The van der Waals surface area contributed by atoms with Gasteiger partial charge in [0.2, 0.25) is 0 Å². The highest BCUT2D eigenvalue weighted by atomic mass is 32.2. The number of nitrogens with one attached hydrogen (secondary N) is 1. The summed E-state index contributed by atoms with van der Waals surface area (Å²) >= 11 is 0. The van der Waals surface area contributed by atoms with Gasteiger partial charge in [-0.2, -0.15) is 0 Å². The van der Waals surface area contributed by atoms with Crippen LogP contribution in [0.5, 0.6) is 5.75 Å². The van der Waals surface area contributed by atoms with Crippen molar-refractivity contribution in [2.75, 3.05) is 0 Å². The monoisotopic (exact) mass is 398 g/mol. The number of aryl methyl sites for hydroxylation is 1. The summed E-state index contributed by atoms with van der Waals surface area (Å²) in [6.45, 7) is 2.64. The second-order valence-corrected chi connectivity index (χ2v) is 8.13. The van der Waals surface area contributed by atoms with E-state index in [-0.39, 0.29) is 11.4 Å². The second-order valence-electron chi connectivity index (χ2n) is 6.35. The molecule has 0 saturated heterocycles. The fourth-order valence-electron chi connectivity index (χ4n) is 2.97. The zero-order chi connectivity index (χ0) is 20.1. The SMILES string of the molecule is CCc1ccccc1S(=O)(=O)n1ccc(CNCc2ccccc2)c(O)c1=O. The normalized spacial score (nSPS) is 11.5. The molecule has 3 aromatic rings. The Balaban J connectivity index is 1.86. The smallest absolute Gasteiger partial charge is 0.306 e. The highest BCUT2D eigenvalue weighted by Crippen LogP contribution is 2.20. The molecule has 1 heterocycles. The highest BCUT2D eigenvalue weighted by molar-refractivity contribution is 7.90. The van der Waals surface area contributed by atoms with Gasteiger partial charge in [-0.25, -0.2) is 12.4 Å². The molecule has 0 aliphatic carbocycles. The van der Waals surface area contributed by atoms with Gasteiger partial charge in [-0.3, -0.25) is 4.79 Å². The first-order chi connectivity index (χ1) is 13.4. The Morgan fingerprint density at radius 2 is 1.61 bits per heavy atom. The van der Waals surface area contributed by atoms with Gasteiger partial charge < -0.3 is 10.4 Å². The van der Waals surface area contributed by atoms with Crippen molar-refractivity contribution >= 4 is 10.0 Å². The lowest BCUT2D eigenvalue weighted by Gasteiger charge is -2.13. The predicted molar refractivity (Wildman–Crippen MR) is 108 cm³/mol. The Hall–Kier alpha value is -2.90. The Bertz CT molecular complexity index is 1120. The van der Waals surface area contributed by atoms with Crippen molar-refractivity contribution in [2.45, 2.75) is 31.3 Å². The second kappa shape index (κ2) is 8.41. The zero-order valence-electron chi connectivity index (χ0n) is 15.5. The van der Waals surface area contributed by atoms with Crippen LogP contribution in [-0.4, -0.2) is 17.5 Å². The van der Waals surface area contributed by atoms with Crippen LogP contribution < -0.4 is 10.9 Å². The molecule has 3 rings (SSSR count). The summed E-state index contributed by atoms with van der Waals surface area (Å²) in [5, 5.41) is 13.4. The van der Waals surface area contributed by atoms with Gasteiger partial charge in [0.15, 0.2) is 5.75 Å². The Morgan fingerprint density at radius 3 is 2.32 bits per heavy atom. The van der Waals surface area contributed by atoms with E-state index in [0.717, 1.165) is 5.56 Å². The number of aromatic hydroxyl groups is 1. The van der Waals surface area contributed by atoms with E-state index < -0.39 is 21.3 Å². The molecule has 28 heavy (non-hydrogen) atoms. The van der Waals surface area contributed by atoms with Crippen molar-refractivity contribution in [3.8, 4) is 5.75 Å². The number of aromatic nitrogens is 1. The molecule has 0 atom stereocenters. The maximum Gasteiger partial charge on any atom is 0.306 e. The summed E-state index contributed by atoms with van der Waals surface area (Å²) in [5.41, 5.74) is 1.07.